The lowest BCUT2D eigenvalue weighted by atomic mass is 10.1. The van der Waals surface area contributed by atoms with Crippen molar-refractivity contribution in [2.75, 3.05) is 5.32 Å². The molecule has 0 saturated heterocycles. The summed E-state index contributed by atoms with van der Waals surface area (Å²) >= 11 is 1.42. The zero-order valence-corrected chi connectivity index (χ0v) is 14.3. The van der Waals surface area contributed by atoms with Gasteiger partial charge in [-0.1, -0.05) is 37.3 Å². The minimum absolute atomic E-state index is 0.0765. The van der Waals surface area contributed by atoms with E-state index in [0.29, 0.717) is 17.0 Å². The molecule has 4 nitrogen and oxygen atoms in total. The zero-order valence-electron chi connectivity index (χ0n) is 13.5. The first-order valence-corrected chi connectivity index (χ1v) is 8.60. The molecule has 2 amide bonds. The van der Waals surface area contributed by atoms with Crippen molar-refractivity contribution in [2.45, 2.75) is 39.5 Å². The van der Waals surface area contributed by atoms with Crippen LogP contribution in [0.2, 0.25) is 0 Å². The molecule has 0 aliphatic carbocycles. The van der Waals surface area contributed by atoms with Crippen molar-refractivity contribution in [3.05, 3.63) is 51.9 Å². The number of amides is 2. The molecule has 1 heterocycles. The Morgan fingerprint density at radius 2 is 1.91 bits per heavy atom. The Bertz CT molecular complexity index is 693. The highest BCUT2D eigenvalue weighted by molar-refractivity contribution is 7.16. The van der Waals surface area contributed by atoms with Gasteiger partial charge in [0.2, 0.25) is 5.91 Å². The average Bonchev–Trinajstić information content (AvgIpc) is 2.83. The maximum absolute atomic E-state index is 12.1. The maximum Gasteiger partial charge on any atom is 0.251 e. The van der Waals surface area contributed by atoms with Crippen molar-refractivity contribution in [1.29, 1.82) is 0 Å². The Morgan fingerprint density at radius 1 is 1.22 bits per heavy atom. The Kier molecular flexibility index (Phi) is 5.93. The van der Waals surface area contributed by atoms with E-state index >= 15 is 0 Å². The number of rotatable bonds is 7. The van der Waals surface area contributed by atoms with Gasteiger partial charge in [0, 0.05) is 11.3 Å². The SMILES string of the molecule is CCc1c(C)sc(NC(=O)CCCc2ccccc2)c1C(N)=O. The smallest absolute Gasteiger partial charge is 0.251 e. The highest BCUT2D eigenvalue weighted by Crippen LogP contribution is 2.33. The third kappa shape index (κ3) is 4.42. The lowest BCUT2D eigenvalue weighted by Gasteiger charge is -2.06. The summed E-state index contributed by atoms with van der Waals surface area (Å²) in [5.41, 5.74) is 8.09. The molecule has 122 valence electrons. The summed E-state index contributed by atoms with van der Waals surface area (Å²) in [4.78, 5) is 24.8. The molecular weight excluding hydrogens is 308 g/mol. The predicted octanol–water partition coefficient (Wildman–Crippen LogP) is 3.68. The Morgan fingerprint density at radius 3 is 2.52 bits per heavy atom. The second-order valence-electron chi connectivity index (χ2n) is 5.45. The van der Waals surface area contributed by atoms with Gasteiger partial charge in [0.25, 0.3) is 5.91 Å². The number of primary amides is 1. The Balaban J connectivity index is 1.96. The monoisotopic (exact) mass is 330 g/mol. The van der Waals surface area contributed by atoms with Crippen LogP contribution in [-0.2, 0) is 17.6 Å². The molecule has 1 aromatic heterocycles. The van der Waals surface area contributed by atoms with Gasteiger partial charge in [0.1, 0.15) is 5.00 Å². The van der Waals surface area contributed by atoms with E-state index in [1.54, 1.807) is 0 Å². The van der Waals surface area contributed by atoms with Gasteiger partial charge in [-0.25, -0.2) is 0 Å². The van der Waals surface area contributed by atoms with Crippen molar-refractivity contribution < 1.29 is 9.59 Å². The van der Waals surface area contributed by atoms with Crippen molar-refractivity contribution in [2.24, 2.45) is 5.73 Å². The molecular formula is C18H22N2O2S. The van der Waals surface area contributed by atoms with E-state index in [4.69, 9.17) is 5.73 Å². The van der Waals surface area contributed by atoms with Gasteiger partial charge in [0.05, 0.1) is 5.56 Å². The fourth-order valence-corrected chi connectivity index (χ4v) is 3.81. The van der Waals surface area contributed by atoms with Crippen LogP contribution < -0.4 is 11.1 Å². The molecule has 0 atom stereocenters. The van der Waals surface area contributed by atoms with Gasteiger partial charge in [0.15, 0.2) is 0 Å². The molecule has 5 heteroatoms. The third-order valence-electron chi connectivity index (χ3n) is 3.77. The highest BCUT2D eigenvalue weighted by Gasteiger charge is 2.20. The number of nitrogens with two attached hydrogens (primary N) is 1. The highest BCUT2D eigenvalue weighted by atomic mass is 32.1. The van der Waals surface area contributed by atoms with Crippen molar-refractivity contribution in [3.8, 4) is 0 Å². The van der Waals surface area contributed by atoms with E-state index in [0.717, 1.165) is 29.7 Å². The normalized spacial score (nSPS) is 10.5. The number of thiophene rings is 1. The number of carbonyl (C=O) groups excluding carboxylic acids is 2. The number of hydrogen-bond donors (Lipinski definition) is 2. The molecule has 23 heavy (non-hydrogen) atoms. The fraction of sp³-hybridized carbons (Fsp3) is 0.333. The maximum atomic E-state index is 12.1. The van der Waals surface area contributed by atoms with Crippen LogP contribution in [0.1, 0.15) is 46.1 Å². The standard InChI is InChI=1S/C18H22N2O2S/c1-3-14-12(2)23-18(16(14)17(19)22)20-15(21)11-7-10-13-8-5-4-6-9-13/h4-6,8-9H,3,7,10-11H2,1-2H3,(H2,19,22)(H,20,21). The van der Waals surface area contributed by atoms with Gasteiger partial charge in [-0.15, -0.1) is 11.3 Å². The number of carbonyl (C=O) groups is 2. The molecule has 3 N–H and O–H groups in total. The minimum atomic E-state index is -0.481. The zero-order chi connectivity index (χ0) is 16.8. The molecule has 2 aromatic rings. The molecule has 2 rings (SSSR count). The molecule has 0 unspecified atom stereocenters. The van der Waals surface area contributed by atoms with E-state index < -0.39 is 5.91 Å². The van der Waals surface area contributed by atoms with E-state index in [-0.39, 0.29) is 5.91 Å². The summed E-state index contributed by atoms with van der Waals surface area (Å²) in [6.45, 7) is 3.92. The van der Waals surface area contributed by atoms with Crippen LogP contribution in [0.25, 0.3) is 0 Å². The number of benzene rings is 1. The number of nitrogens with one attached hydrogen (secondary N) is 1. The molecule has 0 fully saturated rings. The molecule has 0 spiro atoms. The largest absolute Gasteiger partial charge is 0.365 e. The number of anilines is 1. The number of hydrogen-bond acceptors (Lipinski definition) is 3. The van der Waals surface area contributed by atoms with Crippen LogP contribution in [0.15, 0.2) is 30.3 Å². The summed E-state index contributed by atoms with van der Waals surface area (Å²) in [7, 11) is 0. The second-order valence-corrected chi connectivity index (χ2v) is 6.67. The lowest BCUT2D eigenvalue weighted by Crippen LogP contribution is -2.17. The van der Waals surface area contributed by atoms with Gasteiger partial charge in [-0.05, 0) is 37.3 Å². The van der Waals surface area contributed by atoms with Gasteiger partial charge in [-0.3, -0.25) is 9.59 Å². The molecule has 1 aromatic carbocycles. The first-order chi connectivity index (χ1) is 11.0. The van der Waals surface area contributed by atoms with Crippen LogP contribution >= 0.6 is 11.3 Å². The van der Waals surface area contributed by atoms with E-state index in [9.17, 15) is 9.59 Å². The molecule has 0 bridgehead atoms. The lowest BCUT2D eigenvalue weighted by molar-refractivity contribution is -0.116. The van der Waals surface area contributed by atoms with E-state index in [1.807, 2.05) is 32.0 Å². The Hall–Kier alpha value is -2.14. The first-order valence-electron chi connectivity index (χ1n) is 7.78. The van der Waals surface area contributed by atoms with Gasteiger partial charge < -0.3 is 11.1 Å². The van der Waals surface area contributed by atoms with Gasteiger partial charge >= 0.3 is 0 Å². The molecule has 0 aliphatic heterocycles. The second kappa shape index (κ2) is 7.92. The van der Waals surface area contributed by atoms with Crippen molar-refractivity contribution >= 4 is 28.2 Å². The third-order valence-corrected chi connectivity index (χ3v) is 4.84. The molecule has 0 saturated carbocycles. The van der Waals surface area contributed by atoms with Gasteiger partial charge in [-0.2, -0.15) is 0 Å². The average molecular weight is 330 g/mol. The van der Waals surface area contributed by atoms with Crippen LogP contribution in [0, 0.1) is 6.92 Å². The quantitative estimate of drug-likeness (QED) is 0.813. The summed E-state index contributed by atoms with van der Waals surface area (Å²) in [5.74, 6) is -0.557. The molecule has 0 radical (unpaired) electrons. The Labute approximate surface area is 140 Å². The summed E-state index contributed by atoms with van der Waals surface area (Å²) in [6.07, 6.45) is 2.78. The van der Waals surface area contributed by atoms with E-state index in [1.165, 1.54) is 16.9 Å². The van der Waals surface area contributed by atoms with E-state index in [2.05, 4.69) is 17.4 Å². The summed E-state index contributed by atoms with van der Waals surface area (Å²) in [6, 6.07) is 10.1. The minimum Gasteiger partial charge on any atom is -0.365 e. The first kappa shape index (κ1) is 17.2. The summed E-state index contributed by atoms with van der Waals surface area (Å²) < 4.78 is 0. The predicted molar refractivity (Wildman–Crippen MR) is 95.0 cm³/mol. The number of aryl methyl sites for hydroxylation is 2. The molecule has 0 aliphatic rings. The van der Waals surface area contributed by atoms with Crippen molar-refractivity contribution in [3.63, 3.8) is 0 Å². The van der Waals surface area contributed by atoms with Crippen LogP contribution in [0.3, 0.4) is 0 Å². The topological polar surface area (TPSA) is 72.2 Å². The van der Waals surface area contributed by atoms with Crippen molar-refractivity contribution in [1.82, 2.24) is 0 Å². The fourth-order valence-electron chi connectivity index (χ4n) is 2.64. The van der Waals surface area contributed by atoms with Crippen LogP contribution in [0.5, 0.6) is 0 Å². The van der Waals surface area contributed by atoms with Crippen LogP contribution in [0.4, 0.5) is 5.00 Å². The van der Waals surface area contributed by atoms with Crippen LogP contribution in [-0.4, -0.2) is 11.8 Å². The summed E-state index contributed by atoms with van der Waals surface area (Å²) in [5, 5.41) is 3.43.